The first-order valence-corrected chi connectivity index (χ1v) is 12.5. The number of sulfonamides is 1. The smallest absolute Gasteiger partial charge is 0.286 e. The molecule has 3 rings (SSSR count). The van der Waals surface area contributed by atoms with E-state index in [1.807, 2.05) is 0 Å². The molecule has 184 valence electrons. The molecule has 34 heavy (non-hydrogen) atoms. The van der Waals surface area contributed by atoms with Gasteiger partial charge in [0.05, 0.1) is 30.1 Å². The van der Waals surface area contributed by atoms with E-state index in [1.165, 1.54) is 20.3 Å². The van der Waals surface area contributed by atoms with Gasteiger partial charge in [-0.1, -0.05) is 25.0 Å². The molecule has 1 heterocycles. The van der Waals surface area contributed by atoms with Crippen molar-refractivity contribution in [2.45, 2.75) is 37.0 Å². The Hall–Kier alpha value is -3.18. The Morgan fingerprint density at radius 2 is 1.62 bits per heavy atom. The van der Waals surface area contributed by atoms with Gasteiger partial charge in [0.1, 0.15) is 5.56 Å². The average Bonchev–Trinajstić information content (AvgIpc) is 3.13. The fourth-order valence-electron chi connectivity index (χ4n) is 3.88. The maximum Gasteiger partial charge on any atom is 0.286 e. The maximum absolute atomic E-state index is 12.9. The number of carbonyl (C=O) groups excluding carboxylic acids is 1. The predicted octanol–water partition coefficient (Wildman–Crippen LogP) is 3.15. The number of hydrogen-bond acceptors (Lipinski definition) is 7. The van der Waals surface area contributed by atoms with Crippen LogP contribution in [0.5, 0.6) is 11.5 Å². The standard InChI is InChI=1S/C23H29N3O7S/c1-32-21-15-19(20(26(28)29)16-22(21)33-2)23(27)24-12-11-17-7-9-18(10-8-17)34(30,31)25-13-5-3-4-6-14-25/h7-10,15-16H,3-6,11-14H2,1-2H3,(H,24,27). The molecule has 1 saturated heterocycles. The van der Waals surface area contributed by atoms with Gasteiger partial charge in [-0.05, 0) is 37.0 Å². The number of nitro groups is 1. The summed E-state index contributed by atoms with van der Waals surface area (Å²) >= 11 is 0. The highest BCUT2D eigenvalue weighted by Crippen LogP contribution is 2.34. The first kappa shape index (κ1) is 25.4. The van der Waals surface area contributed by atoms with Crippen LogP contribution in [0.3, 0.4) is 0 Å². The Labute approximate surface area is 199 Å². The van der Waals surface area contributed by atoms with Crippen LogP contribution in [-0.4, -0.2) is 57.4 Å². The summed E-state index contributed by atoms with van der Waals surface area (Å²) in [6, 6.07) is 9.02. The summed E-state index contributed by atoms with van der Waals surface area (Å²) in [7, 11) is -0.790. The maximum atomic E-state index is 12.9. The van der Waals surface area contributed by atoms with E-state index >= 15 is 0 Å². The number of nitro benzene ring substituents is 1. The molecule has 0 saturated carbocycles. The van der Waals surface area contributed by atoms with Crippen molar-refractivity contribution < 1.29 is 27.6 Å². The molecule has 1 aliphatic heterocycles. The molecule has 0 spiro atoms. The van der Waals surface area contributed by atoms with Crippen LogP contribution in [0.25, 0.3) is 0 Å². The number of nitrogens with zero attached hydrogens (tertiary/aromatic N) is 2. The van der Waals surface area contributed by atoms with Crippen LogP contribution in [0.2, 0.25) is 0 Å². The second-order valence-electron chi connectivity index (χ2n) is 7.95. The topological polar surface area (TPSA) is 128 Å². The zero-order chi connectivity index (χ0) is 24.7. The van der Waals surface area contributed by atoms with Crippen molar-refractivity contribution in [1.29, 1.82) is 0 Å². The Balaban J connectivity index is 1.64. The molecule has 0 unspecified atom stereocenters. The van der Waals surface area contributed by atoms with Crippen LogP contribution >= 0.6 is 0 Å². The second kappa shape index (κ2) is 11.3. The predicted molar refractivity (Wildman–Crippen MR) is 126 cm³/mol. The fraction of sp³-hybridized carbons (Fsp3) is 0.435. The van der Waals surface area contributed by atoms with Crippen molar-refractivity contribution in [1.82, 2.24) is 9.62 Å². The Morgan fingerprint density at radius 1 is 1.03 bits per heavy atom. The minimum Gasteiger partial charge on any atom is -0.493 e. The van der Waals surface area contributed by atoms with Crippen LogP contribution in [0.4, 0.5) is 5.69 Å². The quantitative estimate of drug-likeness (QED) is 0.421. The number of rotatable bonds is 9. The lowest BCUT2D eigenvalue weighted by atomic mass is 10.1. The summed E-state index contributed by atoms with van der Waals surface area (Å²) in [6.45, 7) is 1.29. The number of benzene rings is 2. The molecule has 2 aromatic rings. The molecule has 0 bridgehead atoms. The highest BCUT2D eigenvalue weighted by atomic mass is 32.2. The van der Waals surface area contributed by atoms with E-state index in [1.54, 1.807) is 28.6 Å². The minimum atomic E-state index is -3.52. The van der Waals surface area contributed by atoms with Crippen molar-refractivity contribution in [3.05, 3.63) is 57.6 Å². The van der Waals surface area contributed by atoms with Crippen LogP contribution < -0.4 is 14.8 Å². The van der Waals surface area contributed by atoms with Gasteiger partial charge in [-0.3, -0.25) is 14.9 Å². The van der Waals surface area contributed by atoms with Gasteiger partial charge in [0.2, 0.25) is 10.0 Å². The van der Waals surface area contributed by atoms with Crippen molar-refractivity contribution in [3.8, 4) is 11.5 Å². The van der Waals surface area contributed by atoms with Gasteiger partial charge in [-0.15, -0.1) is 0 Å². The third-order valence-electron chi connectivity index (χ3n) is 5.77. The highest BCUT2D eigenvalue weighted by molar-refractivity contribution is 7.89. The molecule has 1 aliphatic rings. The summed E-state index contributed by atoms with van der Waals surface area (Å²) in [5.41, 5.74) is 0.302. The highest BCUT2D eigenvalue weighted by Gasteiger charge is 2.26. The number of carbonyl (C=O) groups is 1. The van der Waals surface area contributed by atoms with Crippen molar-refractivity contribution in [2.75, 3.05) is 33.9 Å². The number of methoxy groups -OCH3 is 2. The molecule has 10 nitrogen and oxygen atoms in total. The second-order valence-corrected chi connectivity index (χ2v) is 9.89. The average molecular weight is 492 g/mol. The van der Waals surface area contributed by atoms with Gasteiger partial charge >= 0.3 is 0 Å². The van der Waals surface area contributed by atoms with Gasteiger partial charge in [-0.25, -0.2) is 8.42 Å². The largest absolute Gasteiger partial charge is 0.493 e. The monoisotopic (exact) mass is 491 g/mol. The van der Waals surface area contributed by atoms with Crippen molar-refractivity contribution in [3.63, 3.8) is 0 Å². The molecular formula is C23H29N3O7S. The molecule has 1 N–H and O–H groups in total. The Kier molecular flexibility index (Phi) is 8.46. The third-order valence-corrected chi connectivity index (χ3v) is 7.68. The normalized spacial score (nSPS) is 14.8. The zero-order valence-corrected chi connectivity index (χ0v) is 20.1. The van der Waals surface area contributed by atoms with Crippen LogP contribution in [-0.2, 0) is 16.4 Å². The van der Waals surface area contributed by atoms with Gasteiger partial charge in [0.15, 0.2) is 11.5 Å². The van der Waals surface area contributed by atoms with E-state index in [4.69, 9.17) is 9.47 Å². The first-order chi connectivity index (χ1) is 16.3. The molecule has 0 atom stereocenters. The summed E-state index contributed by atoms with van der Waals surface area (Å²) in [4.78, 5) is 23.6. The fourth-order valence-corrected chi connectivity index (χ4v) is 5.39. The Bertz CT molecular complexity index is 1130. The number of amides is 1. The van der Waals surface area contributed by atoms with E-state index < -0.39 is 26.5 Å². The van der Waals surface area contributed by atoms with E-state index in [2.05, 4.69) is 5.32 Å². The zero-order valence-electron chi connectivity index (χ0n) is 19.3. The molecule has 1 fully saturated rings. The van der Waals surface area contributed by atoms with E-state index in [0.717, 1.165) is 37.3 Å². The lowest BCUT2D eigenvalue weighted by molar-refractivity contribution is -0.385. The van der Waals surface area contributed by atoms with E-state index in [0.29, 0.717) is 19.5 Å². The molecule has 11 heteroatoms. The van der Waals surface area contributed by atoms with Crippen LogP contribution in [0, 0.1) is 10.1 Å². The number of nitrogens with one attached hydrogen (secondary N) is 1. The molecule has 2 aromatic carbocycles. The summed E-state index contributed by atoms with van der Waals surface area (Å²) in [5, 5.41) is 14.1. The van der Waals surface area contributed by atoms with Gasteiger partial charge in [0.25, 0.3) is 11.6 Å². The van der Waals surface area contributed by atoms with E-state index in [9.17, 15) is 23.3 Å². The molecule has 0 aromatic heterocycles. The summed E-state index contributed by atoms with van der Waals surface area (Å²) in [5.74, 6) is -0.256. The Morgan fingerprint density at radius 3 is 2.18 bits per heavy atom. The third kappa shape index (κ3) is 5.84. The van der Waals surface area contributed by atoms with Crippen molar-refractivity contribution in [2.24, 2.45) is 0 Å². The lowest BCUT2D eigenvalue weighted by Gasteiger charge is -2.20. The SMILES string of the molecule is COc1cc(C(=O)NCCc2ccc(S(=O)(=O)N3CCCCCC3)cc2)c([N+](=O)[O-])cc1OC. The molecule has 1 amide bonds. The first-order valence-electron chi connectivity index (χ1n) is 11.1. The van der Waals surface area contributed by atoms with Gasteiger partial charge in [0, 0.05) is 25.7 Å². The number of hydrogen-bond donors (Lipinski definition) is 1. The van der Waals surface area contributed by atoms with Crippen LogP contribution in [0.15, 0.2) is 41.3 Å². The van der Waals surface area contributed by atoms with Gasteiger partial charge < -0.3 is 14.8 Å². The lowest BCUT2D eigenvalue weighted by Crippen LogP contribution is -2.31. The molecule has 0 aliphatic carbocycles. The molecule has 0 radical (unpaired) electrons. The van der Waals surface area contributed by atoms with Crippen molar-refractivity contribution >= 4 is 21.6 Å². The minimum absolute atomic E-state index is 0.137. The summed E-state index contributed by atoms with van der Waals surface area (Å²) < 4.78 is 37.5. The van der Waals surface area contributed by atoms with Crippen LogP contribution in [0.1, 0.15) is 41.6 Å². The molecular weight excluding hydrogens is 462 g/mol. The number of ether oxygens (including phenoxy) is 2. The van der Waals surface area contributed by atoms with Gasteiger partial charge in [-0.2, -0.15) is 4.31 Å². The summed E-state index contributed by atoms with van der Waals surface area (Å²) in [6.07, 6.45) is 4.26. The van der Waals surface area contributed by atoms with E-state index in [-0.39, 0.29) is 28.5 Å².